The van der Waals surface area contributed by atoms with Gasteiger partial charge in [-0.15, -0.1) is 0 Å². The minimum absolute atomic E-state index is 0.0722. The minimum atomic E-state index is -1.72. The quantitative estimate of drug-likeness (QED) is 0.459. The molecular weight excluding hydrogens is 400 g/mol. The lowest BCUT2D eigenvalue weighted by Crippen LogP contribution is -2.42. The third kappa shape index (κ3) is 3.72. The molecule has 0 aromatic heterocycles. The van der Waals surface area contributed by atoms with Crippen LogP contribution in [0.1, 0.15) is 50.3 Å². The van der Waals surface area contributed by atoms with Crippen molar-refractivity contribution in [2.75, 3.05) is 6.61 Å². The van der Waals surface area contributed by atoms with Gasteiger partial charge in [-0.1, -0.05) is 73.1 Å². The van der Waals surface area contributed by atoms with Crippen molar-refractivity contribution in [2.24, 2.45) is 0 Å². The SMILES string of the molecule is CC(C)(C)[Si](C)(C)OCCC1(c2ccccc2)CCc2ccc(Br)cc21. The van der Waals surface area contributed by atoms with Gasteiger partial charge in [0.05, 0.1) is 0 Å². The van der Waals surface area contributed by atoms with Gasteiger partial charge in [0.1, 0.15) is 0 Å². The van der Waals surface area contributed by atoms with Crippen LogP contribution in [0, 0.1) is 0 Å². The highest BCUT2D eigenvalue weighted by atomic mass is 79.9. The van der Waals surface area contributed by atoms with Crippen molar-refractivity contribution >= 4 is 24.2 Å². The van der Waals surface area contributed by atoms with Gasteiger partial charge >= 0.3 is 0 Å². The zero-order chi connectivity index (χ0) is 19.0. The number of aryl methyl sites for hydroxylation is 1. The summed E-state index contributed by atoms with van der Waals surface area (Å²) in [6, 6.07) is 17.8. The van der Waals surface area contributed by atoms with Crippen LogP contribution >= 0.6 is 15.9 Å². The van der Waals surface area contributed by atoms with Crippen molar-refractivity contribution in [3.8, 4) is 0 Å². The maximum absolute atomic E-state index is 6.57. The van der Waals surface area contributed by atoms with Gasteiger partial charge < -0.3 is 4.43 Å². The summed E-state index contributed by atoms with van der Waals surface area (Å²) in [4.78, 5) is 0. The van der Waals surface area contributed by atoms with Gasteiger partial charge in [0.25, 0.3) is 0 Å². The summed E-state index contributed by atoms with van der Waals surface area (Å²) >= 11 is 3.69. The summed E-state index contributed by atoms with van der Waals surface area (Å²) in [6.07, 6.45) is 3.37. The average Bonchev–Trinajstić information content (AvgIpc) is 2.94. The highest BCUT2D eigenvalue weighted by molar-refractivity contribution is 9.10. The van der Waals surface area contributed by atoms with Crippen LogP contribution in [0.5, 0.6) is 0 Å². The summed E-state index contributed by atoms with van der Waals surface area (Å²) in [5, 5.41) is 0.253. The molecule has 26 heavy (non-hydrogen) atoms. The standard InChI is InChI=1S/C23H31BrOSi/c1-22(2,3)26(4,5)25-16-15-23(19-9-7-6-8-10-19)14-13-18-11-12-20(24)17-21(18)23/h6-12,17H,13-16H2,1-5H3. The van der Waals surface area contributed by atoms with E-state index in [2.05, 4.69) is 98.3 Å². The topological polar surface area (TPSA) is 9.23 Å². The molecule has 3 rings (SSSR count). The van der Waals surface area contributed by atoms with Crippen LogP contribution in [0.3, 0.4) is 0 Å². The van der Waals surface area contributed by atoms with Gasteiger partial charge in [-0.3, -0.25) is 0 Å². The molecular formula is C23H31BrOSi. The van der Waals surface area contributed by atoms with Gasteiger partial charge in [0.15, 0.2) is 8.32 Å². The smallest absolute Gasteiger partial charge is 0.191 e. The fourth-order valence-electron chi connectivity index (χ4n) is 3.85. The van der Waals surface area contributed by atoms with Crippen LogP contribution in [0.4, 0.5) is 0 Å². The lowest BCUT2D eigenvalue weighted by molar-refractivity contribution is 0.251. The zero-order valence-corrected chi connectivity index (χ0v) is 19.3. The lowest BCUT2D eigenvalue weighted by Gasteiger charge is -2.38. The molecule has 1 aliphatic rings. The molecule has 0 saturated heterocycles. The van der Waals surface area contributed by atoms with Gasteiger partial charge in [0, 0.05) is 16.5 Å². The van der Waals surface area contributed by atoms with Crippen molar-refractivity contribution in [1.82, 2.24) is 0 Å². The number of benzene rings is 2. The summed E-state index contributed by atoms with van der Waals surface area (Å²) in [6.45, 7) is 12.5. The van der Waals surface area contributed by atoms with E-state index < -0.39 is 8.32 Å². The Balaban J connectivity index is 1.92. The van der Waals surface area contributed by atoms with Crippen molar-refractivity contribution < 1.29 is 4.43 Å². The van der Waals surface area contributed by atoms with Gasteiger partial charge in [-0.05, 0) is 66.2 Å². The Hall–Kier alpha value is -0.903. The second-order valence-electron chi connectivity index (χ2n) is 9.11. The molecule has 2 aromatic rings. The van der Waals surface area contributed by atoms with E-state index in [1.54, 1.807) is 0 Å². The Kier molecular flexibility index (Phi) is 5.54. The number of hydrogen-bond donors (Lipinski definition) is 0. The van der Waals surface area contributed by atoms with E-state index in [9.17, 15) is 0 Å². The molecule has 0 heterocycles. The van der Waals surface area contributed by atoms with Crippen LogP contribution in [-0.2, 0) is 16.3 Å². The molecule has 0 bridgehead atoms. The Bertz CT molecular complexity index is 764. The molecule has 0 saturated carbocycles. The molecule has 0 fully saturated rings. The first-order chi connectivity index (χ1) is 12.2. The fourth-order valence-corrected chi connectivity index (χ4v) is 5.26. The molecule has 0 radical (unpaired) electrons. The predicted molar refractivity (Wildman–Crippen MR) is 117 cm³/mol. The Morgan fingerprint density at radius 1 is 1.08 bits per heavy atom. The largest absolute Gasteiger partial charge is 0.417 e. The molecule has 1 atom stereocenters. The first-order valence-electron chi connectivity index (χ1n) is 9.64. The third-order valence-corrected chi connectivity index (χ3v) is 11.6. The third-order valence-electron chi connectivity index (χ3n) is 6.53. The van der Waals surface area contributed by atoms with Crippen molar-refractivity contribution in [1.29, 1.82) is 0 Å². The van der Waals surface area contributed by atoms with Crippen LogP contribution < -0.4 is 0 Å². The summed E-state index contributed by atoms with van der Waals surface area (Å²) < 4.78 is 7.74. The summed E-state index contributed by atoms with van der Waals surface area (Å²) in [5.74, 6) is 0. The van der Waals surface area contributed by atoms with E-state index in [1.165, 1.54) is 27.6 Å². The lowest BCUT2D eigenvalue weighted by atomic mass is 9.73. The maximum Gasteiger partial charge on any atom is 0.191 e. The maximum atomic E-state index is 6.57. The molecule has 0 aliphatic heterocycles. The van der Waals surface area contributed by atoms with Crippen LogP contribution in [0.25, 0.3) is 0 Å². The fraction of sp³-hybridized carbons (Fsp3) is 0.478. The zero-order valence-electron chi connectivity index (χ0n) is 16.7. The molecule has 2 aromatic carbocycles. The molecule has 0 spiro atoms. The second-order valence-corrected chi connectivity index (χ2v) is 14.8. The number of rotatable bonds is 5. The van der Waals surface area contributed by atoms with E-state index in [-0.39, 0.29) is 10.5 Å². The van der Waals surface area contributed by atoms with E-state index in [1.807, 2.05) is 0 Å². The Labute approximate surface area is 168 Å². The summed E-state index contributed by atoms with van der Waals surface area (Å²) in [7, 11) is -1.72. The average molecular weight is 431 g/mol. The van der Waals surface area contributed by atoms with Crippen molar-refractivity contribution in [2.45, 2.75) is 63.6 Å². The van der Waals surface area contributed by atoms with Crippen molar-refractivity contribution in [3.05, 3.63) is 69.7 Å². The highest BCUT2D eigenvalue weighted by Crippen LogP contribution is 2.48. The first kappa shape index (κ1) is 19.8. The van der Waals surface area contributed by atoms with E-state index in [0.29, 0.717) is 0 Å². The molecule has 0 N–H and O–H groups in total. The van der Waals surface area contributed by atoms with Gasteiger partial charge in [-0.25, -0.2) is 0 Å². The molecule has 1 nitrogen and oxygen atoms in total. The predicted octanol–water partition coefficient (Wildman–Crippen LogP) is 7.09. The molecule has 1 aliphatic carbocycles. The van der Waals surface area contributed by atoms with Crippen LogP contribution in [0.15, 0.2) is 53.0 Å². The number of fused-ring (bicyclic) bond motifs is 1. The number of halogens is 1. The molecule has 140 valence electrons. The summed E-state index contributed by atoms with van der Waals surface area (Å²) in [5.41, 5.74) is 4.47. The van der Waals surface area contributed by atoms with E-state index >= 15 is 0 Å². The number of hydrogen-bond acceptors (Lipinski definition) is 1. The second kappa shape index (κ2) is 7.25. The Morgan fingerprint density at radius 2 is 1.77 bits per heavy atom. The van der Waals surface area contributed by atoms with Gasteiger partial charge in [0.2, 0.25) is 0 Å². The monoisotopic (exact) mass is 430 g/mol. The molecule has 1 unspecified atom stereocenters. The van der Waals surface area contributed by atoms with E-state index in [4.69, 9.17) is 4.43 Å². The van der Waals surface area contributed by atoms with Crippen molar-refractivity contribution in [3.63, 3.8) is 0 Å². The minimum Gasteiger partial charge on any atom is -0.417 e. The normalized spacial score (nSPS) is 20.2. The van der Waals surface area contributed by atoms with Crippen LogP contribution in [-0.4, -0.2) is 14.9 Å². The molecule has 3 heteroatoms. The van der Waals surface area contributed by atoms with Crippen LogP contribution in [0.2, 0.25) is 18.1 Å². The Morgan fingerprint density at radius 3 is 2.42 bits per heavy atom. The van der Waals surface area contributed by atoms with Gasteiger partial charge in [-0.2, -0.15) is 0 Å². The molecule has 0 amide bonds. The highest BCUT2D eigenvalue weighted by Gasteiger charge is 2.42. The first-order valence-corrected chi connectivity index (χ1v) is 13.3. The van der Waals surface area contributed by atoms with E-state index in [0.717, 1.165) is 19.4 Å².